The molecule has 0 saturated heterocycles. The van der Waals surface area contributed by atoms with Crippen LogP contribution in [0, 0.1) is 0 Å². The van der Waals surface area contributed by atoms with Gasteiger partial charge >= 0.3 is 6.18 Å². The van der Waals surface area contributed by atoms with Gasteiger partial charge in [0, 0.05) is 20.2 Å². The van der Waals surface area contributed by atoms with Crippen LogP contribution >= 0.6 is 34.5 Å². The highest BCUT2D eigenvalue weighted by atomic mass is 35.5. The maximum absolute atomic E-state index is 13.7. The predicted molar refractivity (Wildman–Crippen MR) is 110 cm³/mol. The summed E-state index contributed by atoms with van der Waals surface area (Å²) in [5.74, 6) is -0.586. The van der Waals surface area contributed by atoms with Crippen molar-refractivity contribution in [3.63, 3.8) is 0 Å². The van der Waals surface area contributed by atoms with E-state index in [0.29, 0.717) is 24.4 Å². The van der Waals surface area contributed by atoms with Gasteiger partial charge in [-0.05, 0) is 18.2 Å². The van der Waals surface area contributed by atoms with Crippen molar-refractivity contribution < 1.29 is 18.0 Å². The van der Waals surface area contributed by atoms with Gasteiger partial charge in [-0.15, -0.1) is 11.3 Å². The van der Waals surface area contributed by atoms with Crippen LogP contribution in [0.4, 0.5) is 13.2 Å². The topological polar surface area (TPSA) is 68.3 Å². The number of hydrogen-bond donors (Lipinski definition) is 0. The number of carbonyl (C=O) groups is 1. The highest BCUT2D eigenvalue weighted by Crippen LogP contribution is 2.35. The van der Waals surface area contributed by atoms with Crippen LogP contribution in [0.2, 0.25) is 9.36 Å². The molecule has 4 heterocycles. The van der Waals surface area contributed by atoms with E-state index in [9.17, 15) is 18.0 Å². The summed E-state index contributed by atoms with van der Waals surface area (Å²) >= 11 is 13.1. The lowest BCUT2D eigenvalue weighted by atomic mass is 10.2. The van der Waals surface area contributed by atoms with Gasteiger partial charge in [0.15, 0.2) is 17.0 Å². The summed E-state index contributed by atoms with van der Waals surface area (Å²) in [6, 6.07) is 5.26. The molecule has 7 nitrogen and oxygen atoms in total. The first-order valence-corrected chi connectivity index (χ1v) is 10.3. The number of halogens is 5. The van der Waals surface area contributed by atoms with Crippen LogP contribution in [0.25, 0.3) is 16.2 Å². The number of carbonyl (C=O) groups excluding carboxylic acids is 1. The van der Waals surface area contributed by atoms with Gasteiger partial charge in [0.2, 0.25) is 0 Å². The maximum Gasteiger partial charge on any atom is 0.433 e. The van der Waals surface area contributed by atoms with Crippen molar-refractivity contribution in [1.29, 1.82) is 0 Å². The molecule has 1 amide bonds. The summed E-state index contributed by atoms with van der Waals surface area (Å²) in [5, 5.41) is 8.25. The van der Waals surface area contributed by atoms with Gasteiger partial charge in [0.1, 0.15) is 0 Å². The number of nitrogens with zero attached hydrogens (tertiary/aromatic N) is 6. The number of amides is 1. The Hall–Kier alpha value is -2.63. The lowest BCUT2D eigenvalue weighted by Gasteiger charge is -2.16. The van der Waals surface area contributed by atoms with Crippen LogP contribution in [-0.4, -0.2) is 42.2 Å². The Bertz CT molecular complexity index is 1280. The van der Waals surface area contributed by atoms with Gasteiger partial charge < -0.3 is 4.90 Å². The van der Waals surface area contributed by atoms with E-state index in [1.54, 1.807) is 19.2 Å². The van der Waals surface area contributed by atoms with E-state index >= 15 is 0 Å². The Labute approximate surface area is 187 Å². The van der Waals surface area contributed by atoms with E-state index in [1.165, 1.54) is 28.9 Å². The van der Waals surface area contributed by atoms with Gasteiger partial charge in [0.05, 0.1) is 38.4 Å². The largest absolute Gasteiger partial charge is 0.433 e. The molecule has 0 N–H and O–H groups in total. The van der Waals surface area contributed by atoms with Crippen molar-refractivity contribution in [2.24, 2.45) is 7.05 Å². The molecular formula is C18H13Cl2F3N6OS. The van der Waals surface area contributed by atoms with E-state index in [4.69, 9.17) is 23.2 Å². The standard InChI is InChI=1S/C18H13Cl2F3N6OS/c1-27(8-12-9(19)7-24-28(12)2)17(30)11-6-16-25-10(13-3-4-15(20)31-13)5-14(18(21,22)23)29(16)26-11/h3-7H,8H2,1-2H3. The van der Waals surface area contributed by atoms with Gasteiger partial charge in [-0.3, -0.25) is 9.48 Å². The van der Waals surface area contributed by atoms with Crippen LogP contribution in [0.15, 0.2) is 30.5 Å². The molecule has 13 heteroatoms. The summed E-state index contributed by atoms with van der Waals surface area (Å²) in [6.45, 7) is 0.0978. The van der Waals surface area contributed by atoms with E-state index < -0.39 is 17.8 Å². The molecule has 0 bridgehead atoms. The zero-order valence-electron chi connectivity index (χ0n) is 16.0. The zero-order chi connectivity index (χ0) is 22.5. The highest BCUT2D eigenvalue weighted by Gasteiger charge is 2.36. The number of hydrogen-bond acceptors (Lipinski definition) is 5. The molecule has 4 aromatic rings. The number of thiophene rings is 1. The van der Waals surface area contributed by atoms with Crippen LogP contribution in [-0.2, 0) is 19.8 Å². The second-order valence-electron chi connectivity index (χ2n) is 6.65. The quantitative estimate of drug-likeness (QED) is 0.414. The molecule has 4 aromatic heterocycles. The fraction of sp³-hybridized carbons (Fsp3) is 0.222. The van der Waals surface area contributed by atoms with Crippen molar-refractivity contribution in [2.45, 2.75) is 12.7 Å². The molecule has 4 rings (SSSR count). The summed E-state index contributed by atoms with van der Waals surface area (Å²) < 4.78 is 43.6. The van der Waals surface area contributed by atoms with Crippen LogP contribution in [0.1, 0.15) is 21.9 Å². The van der Waals surface area contributed by atoms with E-state index in [1.807, 2.05) is 0 Å². The third-order valence-electron chi connectivity index (χ3n) is 4.51. The SMILES string of the molecule is CN(Cc1c(Cl)cnn1C)C(=O)c1cc2nc(-c3ccc(Cl)s3)cc(C(F)(F)F)n2n1. The van der Waals surface area contributed by atoms with Crippen molar-refractivity contribution in [2.75, 3.05) is 7.05 Å². The Kier molecular flexibility index (Phi) is 5.44. The lowest BCUT2D eigenvalue weighted by Crippen LogP contribution is -2.28. The molecule has 0 aliphatic carbocycles. The number of aromatic nitrogens is 5. The molecule has 0 aliphatic rings. The molecule has 0 unspecified atom stereocenters. The maximum atomic E-state index is 13.7. The zero-order valence-corrected chi connectivity index (χ0v) is 18.3. The fourth-order valence-electron chi connectivity index (χ4n) is 2.97. The Morgan fingerprint density at radius 3 is 2.58 bits per heavy atom. The average Bonchev–Trinajstić information content (AvgIpc) is 3.40. The minimum absolute atomic E-state index is 0.0886. The van der Waals surface area contributed by atoms with Gasteiger partial charge in [-0.2, -0.15) is 23.4 Å². The van der Waals surface area contributed by atoms with Crippen molar-refractivity contribution in [3.8, 4) is 10.6 Å². The number of rotatable bonds is 4. The molecular weight excluding hydrogens is 476 g/mol. The lowest BCUT2D eigenvalue weighted by molar-refractivity contribution is -0.142. The van der Waals surface area contributed by atoms with Crippen molar-refractivity contribution >= 4 is 46.1 Å². The Morgan fingerprint density at radius 1 is 1.26 bits per heavy atom. The smallest absolute Gasteiger partial charge is 0.334 e. The normalized spacial score (nSPS) is 12.0. The van der Waals surface area contributed by atoms with Crippen LogP contribution < -0.4 is 0 Å². The molecule has 0 saturated carbocycles. The summed E-state index contributed by atoms with van der Waals surface area (Å²) in [7, 11) is 3.16. The van der Waals surface area contributed by atoms with Crippen molar-refractivity contribution in [1.82, 2.24) is 29.3 Å². The Balaban J connectivity index is 1.75. The second-order valence-corrected chi connectivity index (χ2v) is 8.77. The van der Waals surface area contributed by atoms with Gasteiger partial charge in [-0.1, -0.05) is 23.2 Å². The molecule has 0 atom stereocenters. The summed E-state index contributed by atoms with van der Waals surface area (Å²) in [5.41, 5.74) is -0.670. The first-order valence-electron chi connectivity index (χ1n) is 8.70. The third kappa shape index (κ3) is 4.12. The van der Waals surface area contributed by atoms with Gasteiger partial charge in [0.25, 0.3) is 5.91 Å². The Morgan fingerprint density at radius 2 is 2.00 bits per heavy atom. The average molecular weight is 489 g/mol. The monoisotopic (exact) mass is 488 g/mol. The molecule has 162 valence electrons. The van der Waals surface area contributed by atoms with E-state index in [-0.39, 0.29) is 23.6 Å². The molecule has 0 radical (unpaired) electrons. The first-order chi connectivity index (χ1) is 14.5. The number of aryl methyl sites for hydroxylation is 1. The van der Waals surface area contributed by atoms with E-state index in [2.05, 4.69) is 15.2 Å². The molecule has 0 fully saturated rings. The molecule has 0 aliphatic heterocycles. The molecule has 0 spiro atoms. The van der Waals surface area contributed by atoms with Gasteiger partial charge in [-0.25, -0.2) is 9.50 Å². The van der Waals surface area contributed by atoms with Crippen LogP contribution in [0.5, 0.6) is 0 Å². The minimum atomic E-state index is -4.71. The highest BCUT2D eigenvalue weighted by molar-refractivity contribution is 7.19. The minimum Gasteiger partial charge on any atom is -0.334 e. The molecule has 0 aromatic carbocycles. The second kappa shape index (κ2) is 7.81. The predicted octanol–water partition coefficient (Wildman–Crippen LogP) is 4.79. The fourth-order valence-corrected chi connectivity index (χ4v) is 4.19. The van der Waals surface area contributed by atoms with Crippen molar-refractivity contribution in [3.05, 3.63) is 56.9 Å². The number of alkyl halides is 3. The first kappa shape index (κ1) is 21.6. The van der Waals surface area contributed by atoms with E-state index in [0.717, 1.165) is 17.4 Å². The van der Waals surface area contributed by atoms with Crippen LogP contribution in [0.3, 0.4) is 0 Å². The summed E-state index contributed by atoms with van der Waals surface area (Å²) in [4.78, 5) is 18.8. The third-order valence-corrected chi connectivity index (χ3v) is 6.08. The summed E-state index contributed by atoms with van der Waals surface area (Å²) in [6.07, 6.45) is -3.27. The number of fused-ring (bicyclic) bond motifs is 1. The molecule has 31 heavy (non-hydrogen) atoms.